The highest BCUT2D eigenvalue weighted by atomic mass is 19.1. The van der Waals surface area contributed by atoms with Gasteiger partial charge in [-0.15, -0.1) is 0 Å². The zero-order valence-corrected chi connectivity index (χ0v) is 11.0. The van der Waals surface area contributed by atoms with Gasteiger partial charge in [-0.25, -0.2) is 8.78 Å². The molecule has 2 aliphatic carbocycles. The van der Waals surface area contributed by atoms with E-state index in [1.54, 1.807) is 0 Å². The molecular weight excluding hydrogens is 264 g/mol. The van der Waals surface area contributed by atoms with E-state index in [1.165, 1.54) is 12.1 Å². The number of carboxylic acids is 1. The fourth-order valence-electron chi connectivity index (χ4n) is 3.83. The number of hydrogen-bond acceptors (Lipinski definition) is 2. The topological polar surface area (TPSA) is 49.3 Å². The first kappa shape index (κ1) is 13.5. The summed E-state index contributed by atoms with van der Waals surface area (Å²) >= 11 is 0. The Morgan fingerprint density at radius 2 is 2.05 bits per heavy atom. The highest BCUT2D eigenvalue weighted by Crippen LogP contribution is 2.48. The molecule has 1 aromatic rings. The summed E-state index contributed by atoms with van der Waals surface area (Å²) in [5, 5.41) is 12.5. The number of hydrogen-bond donors (Lipinski definition) is 2. The van der Waals surface area contributed by atoms with Crippen molar-refractivity contribution in [1.82, 2.24) is 5.32 Å². The quantitative estimate of drug-likeness (QED) is 0.891. The molecule has 108 valence electrons. The van der Waals surface area contributed by atoms with E-state index in [1.807, 2.05) is 0 Å². The molecule has 3 nitrogen and oxygen atoms in total. The Labute approximate surface area is 116 Å². The number of benzene rings is 1. The van der Waals surface area contributed by atoms with Gasteiger partial charge in [-0.1, -0.05) is 6.07 Å². The molecule has 4 atom stereocenters. The van der Waals surface area contributed by atoms with Crippen LogP contribution in [-0.2, 0) is 11.3 Å². The van der Waals surface area contributed by atoms with Crippen molar-refractivity contribution in [2.45, 2.75) is 31.8 Å². The van der Waals surface area contributed by atoms with Gasteiger partial charge in [0.1, 0.15) is 11.6 Å². The summed E-state index contributed by atoms with van der Waals surface area (Å²) in [6, 6.07) is 3.37. The van der Waals surface area contributed by atoms with E-state index in [2.05, 4.69) is 5.32 Å². The SMILES string of the molecule is O=C(O)C1C2CCC(C2)C1NCc1ccc(F)cc1F. The summed E-state index contributed by atoms with van der Waals surface area (Å²) < 4.78 is 26.4. The number of rotatable bonds is 4. The van der Waals surface area contributed by atoms with Crippen LogP contribution in [0.5, 0.6) is 0 Å². The summed E-state index contributed by atoms with van der Waals surface area (Å²) in [7, 11) is 0. The smallest absolute Gasteiger partial charge is 0.308 e. The average molecular weight is 281 g/mol. The molecule has 0 heterocycles. The predicted octanol–water partition coefficient (Wildman–Crippen LogP) is 2.55. The maximum atomic E-state index is 13.6. The number of carbonyl (C=O) groups is 1. The Kier molecular flexibility index (Phi) is 3.46. The molecule has 4 unspecified atom stereocenters. The molecule has 0 saturated heterocycles. The maximum absolute atomic E-state index is 13.6. The molecule has 20 heavy (non-hydrogen) atoms. The van der Waals surface area contributed by atoms with Crippen molar-refractivity contribution in [3.8, 4) is 0 Å². The molecule has 2 aliphatic rings. The molecule has 0 aromatic heterocycles. The van der Waals surface area contributed by atoms with E-state index < -0.39 is 17.6 Å². The van der Waals surface area contributed by atoms with Crippen LogP contribution in [0.3, 0.4) is 0 Å². The minimum Gasteiger partial charge on any atom is -0.481 e. The van der Waals surface area contributed by atoms with Crippen LogP contribution in [-0.4, -0.2) is 17.1 Å². The lowest BCUT2D eigenvalue weighted by Crippen LogP contribution is -2.43. The molecule has 2 bridgehead atoms. The molecule has 3 rings (SSSR count). The molecule has 0 aliphatic heterocycles. The van der Waals surface area contributed by atoms with Gasteiger partial charge in [0, 0.05) is 24.2 Å². The van der Waals surface area contributed by atoms with Gasteiger partial charge in [-0.05, 0) is 37.2 Å². The van der Waals surface area contributed by atoms with E-state index in [9.17, 15) is 18.7 Å². The van der Waals surface area contributed by atoms with E-state index in [0.29, 0.717) is 11.5 Å². The maximum Gasteiger partial charge on any atom is 0.308 e. The Morgan fingerprint density at radius 1 is 1.30 bits per heavy atom. The highest BCUT2D eigenvalue weighted by molar-refractivity contribution is 5.72. The van der Waals surface area contributed by atoms with E-state index >= 15 is 0 Å². The molecule has 1 aromatic carbocycles. The van der Waals surface area contributed by atoms with Crippen LogP contribution in [0.2, 0.25) is 0 Å². The number of aliphatic carboxylic acids is 1. The summed E-state index contributed by atoms with van der Waals surface area (Å²) in [6.07, 6.45) is 2.96. The largest absolute Gasteiger partial charge is 0.481 e. The van der Waals surface area contributed by atoms with Crippen LogP contribution in [0.4, 0.5) is 8.78 Å². The minimum absolute atomic E-state index is 0.101. The number of nitrogens with one attached hydrogen (secondary N) is 1. The van der Waals surface area contributed by atoms with Gasteiger partial charge in [0.05, 0.1) is 5.92 Å². The summed E-state index contributed by atoms with van der Waals surface area (Å²) in [4.78, 5) is 11.4. The summed E-state index contributed by atoms with van der Waals surface area (Å²) in [5.41, 5.74) is 0.373. The molecular formula is C15H17F2NO2. The highest BCUT2D eigenvalue weighted by Gasteiger charge is 2.50. The van der Waals surface area contributed by atoms with E-state index in [0.717, 1.165) is 25.3 Å². The predicted molar refractivity (Wildman–Crippen MR) is 68.9 cm³/mol. The Morgan fingerprint density at radius 3 is 2.75 bits per heavy atom. The van der Waals surface area contributed by atoms with Gasteiger partial charge in [-0.2, -0.15) is 0 Å². The fraction of sp³-hybridized carbons (Fsp3) is 0.533. The van der Waals surface area contributed by atoms with Crippen molar-refractivity contribution in [3.63, 3.8) is 0 Å². The standard InChI is InChI=1S/C15H17F2NO2/c16-11-4-3-10(12(17)6-11)7-18-14-9-2-1-8(5-9)13(14)15(19)20/h3-4,6,8-9,13-14,18H,1-2,5,7H2,(H,19,20). The third kappa shape index (κ3) is 2.30. The van der Waals surface area contributed by atoms with Crippen molar-refractivity contribution in [3.05, 3.63) is 35.4 Å². The molecule has 2 fully saturated rings. The normalized spacial score (nSPS) is 31.7. The third-order valence-corrected chi connectivity index (χ3v) is 4.74. The van der Waals surface area contributed by atoms with Crippen LogP contribution in [0.25, 0.3) is 0 Å². The number of carboxylic acid groups (broad SMARTS) is 1. The van der Waals surface area contributed by atoms with Gasteiger partial charge >= 0.3 is 5.97 Å². The zero-order valence-electron chi connectivity index (χ0n) is 11.0. The molecule has 0 amide bonds. The lowest BCUT2D eigenvalue weighted by molar-refractivity contribution is -0.144. The lowest BCUT2D eigenvalue weighted by Gasteiger charge is -2.29. The second-order valence-corrected chi connectivity index (χ2v) is 5.84. The van der Waals surface area contributed by atoms with Crippen molar-refractivity contribution in [2.24, 2.45) is 17.8 Å². The summed E-state index contributed by atoms with van der Waals surface area (Å²) in [6.45, 7) is 0.240. The van der Waals surface area contributed by atoms with Crippen LogP contribution in [0.1, 0.15) is 24.8 Å². The molecule has 2 N–H and O–H groups in total. The Bertz CT molecular complexity index is 535. The van der Waals surface area contributed by atoms with Crippen molar-refractivity contribution >= 4 is 5.97 Å². The van der Waals surface area contributed by atoms with Crippen LogP contribution < -0.4 is 5.32 Å². The molecule has 5 heteroatoms. The second-order valence-electron chi connectivity index (χ2n) is 5.84. The van der Waals surface area contributed by atoms with Gasteiger partial charge in [0.2, 0.25) is 0 Å². The van der Waals surface area contributed by atoms with Crippen LogP contribution in [0, 0.1) is 29.4 Å². The van der Waals surface area contributed by atoms with E-state index in [-0.39, 0.29) is 24.4 Å². The molecule has 2 saturated carbocycles. The fourth-order valence-corrected chi connectivity index (χ4v) is 3.83. The third-order valence-electron chi connectivity index (χ3n) is 4.74. The Hall–Kier alpha value is -1.49. The molecule has 0 radical (unpaired) electrons. The first-order valence-corrected chi connectivity index (χ1v) is 6.96. The van der Waals surface area contributed by atoms with E-state index in [4.69, 9.17) is 0 Å². The zero-order chi connectivity index (χ0) is 14.3. The Balaban J connectivity index is 1.70. The number of halogens is 2. The monoisotopic (exact) mass is 281 g/mol. The van der Waals surface area contributed by atoms with Crippen molar-refractivity contribution < 1.29 is 18.7 Å². The second kappa shape index (κ2) is 5.13. The number of fused-ring (bicyclic) bond motifs is 2. The van der Waals surface area contributed by atoms with Gasteiger partial charge in [0.15, 0.2) is 0 Å². The first-order chi connectivity index (χ1) is 9.56. The lowest BCUT2D eigenvalue weighted by atomic mass is 9.84. The average Bonchev–Trinajstić information content (AvgIpc) is 2.97. The van der Waals surface area contributed by atoms with Crippen LogP contribution in [0.15, 0.2) is 18.2 Å². The summed E-state index contributed by atoms with van der Waals surface area (Å²) in [5.74, 6) is -1.73. The van der Waals surface area contributed by atoms with Gasteiger partial charge in [-0.3, -0.25) is 4.79 Å². The molecule has 0 spiro atoms. The van der Waals surface area contributed by atoms with Gasteiger partial charge in [0.25, 0.3) is 0 Å². The minimum atomic E-state index is -0.769. The van der Waals surface area contributed by atoms with Gasteiger partial charge < -0.3 is 10.4 Å². The van der Waals surface area contributed by atoms with Crippen molar-refractivity contribution in [2.75, 3.05) is 0 Å². The van der Waals surface area contributed by atoms with Crippen LogP contribution >= 0.6 is 0 Å². The first-order valence-electron chi connectivity index (χ1n) is 6.96. The van der Waals surface area contributed by atoms with Crippen molar-refractivity contribution in [1.29, 1.82) is 0 Å².